The highest BCUT2D eigenvalue weighted by Gasteiger charge is 2.18. The van der Waals surface area contributed by atoms with Crippen molar-refractivity contribution in [3.05, 3.63) is 29.8 Å². The average molecular weight is 253 g/mol. The third kappa shape index (κ3) is 3.73. The fourth-order valence-corrected chi connectivity index (χ4v) is 2.56. The Hall–Kier alpha value is -1.58. The molecule has 1 aromatic rings. The molecule has 0 spiro atoms. The number of benzene rings is 1. The molecule has 0 aliphatic heterocycles. The lowest BCUT2D eigenvalue weighted by atomic mass is 10.2. The Morgan fingerprint density at radius 2 is 2.06 bits per heavy atom. The number of hydrogen-bond acceptors (Lipinski definition) is 4. The standard InChI is InChI=1S/C11H15N3O2S/c1-14(8-4-7-12)17(15,16)9-10-5-2-3-6-11(10)13/h2-3,5-6H,4,8-9,13H2,1H3. The summed E-state index contributed by atoms with van der Waals surface area (Å²) in [6.45, 7) is 0.200. The van der Waals surface area contributed by atoms with Crippen LogP contribution in [0.25, 0.3) is 0 Å². The molecule has 92 valence electrons. The molecule has 1 rings (SSSR count). The van der Waals surface area contributed by atoms with E-state index in [1.807, 2.05) is 6.07 Å². The lowest BCUT2D eigenvalue weighted by Gasteiger charge is -2.16. The zero-order chi connectivity index (χ0) is 12.9. The predicted octanol–water partition coefficient (Wildman–Crippen LogP) is 0.944. The normalized spacial score (nSPS) is 11.4. The van der Waals surface area contributed by atoms with Crippen LogP contribution in [0.15, 0.2) is 24.3 Å². The minimum Gasteiger partial charge on any atom is -0.398 e. The van der Waals surface area contributed by atoms with Crippen molar-refractivity contribution in [2.24, 2.45) is 0 Å². The van der Waals surface area contributed by atoms with Gasteiger partial charge in [-0.3, -0.25) is 0 Å². The van der Waals surface area contributed by atoms with Gasteiger partial charge in [-0.25, -0.2) is 12.7 Å². The Morgan fingerprint density at radius 1 is 1.41 bits per heavy atom. The highest BCUT2D eigenvalue weighted by molar-refractivity contribution is 7.88. The van der Waals surface area contributed by atoms with E-state index in [0.29, 0.717) is 11.3 Å². The third-order valence-corrected chi connectivity index (χ3v) is 4.21. The van der Waals surface area contributed by atoms with Crippen LogP contribution in [-0.4, -0.2) is 26.3 Å². The molecule has 0 aliphatic rings. The molecule has 0 saturated carbocycles. The Balaban J connectivity index is 2.81. The monoisotopic (exact) mass is 253 g/mol. The van der Waals surface area contributed by atoms with Crippen molar-refractivity contribution < 1.29 is 8.42 Å². The molecule has 0 radical (unpaired) electrons. The van der Waals surface area contributed by atoms with Crippen molar-refractivity contribution in [1.29, 1.82) is 5.26 Å². The Morgan fingerprint density at radius 3 is 2.65 bits per heavy atom. The topological polar surface area (TPSA) is 87.2 Å². The van der Waals surface area contributed by atoms with Gasteiger partial charge in [0.2, 0.25) is 10.0 Å². The first-order valence-electron chi connectivity index (χ1n) is 5.11. The van der Waals surface area contributed by atoms with Crippen molar-refractivity contribution in [1.82, 2.24) is 4.31 Å². The van der Waals surface area contributed by atoms with Crippen LogP contribution >= 0.6 is 0 Å². The molecule has 0 fully saturated rings. The fourth-order valence-electron chi connectivity index (χ4n) is 1.32. The number of nitrogens with two attached hydrogens (primary N) is 1. The zero-order valence-corrected chi connectivity index (χ0v) is 10.4. The summed E-state index contributed by atoms with van der Waals surface area (Å²) in [5, 5.41) is 8.42. The minimum atomic E-state index is -3.41. The maximum atomic E-state index is 11.9. The molecule has 2 N–H and O–H groups in total. The number of hydrogen-bond donors (Lipinski definition) is 1. The van der Waals surface area contributed by atoms with Gasteiger partial charge in [-0.05, 0) is 11.6 Å². The first-order chi connectivity index (χ1) is 7.97. The Bertz CT molecular complexity index is 520. The van der Waals surface area contributed by atoms with Crippen LogP contribution in [0.2, 0.25) is 0 Å². The fraction of sp³-hybridized carbons (Fsp3) is 0.364. The summed E-state index contributed by atoms with van der Waals surface area (Å²) in [7, 11) is -1.94. The van der Waals surface area contributed by atoms with E-state index in [1.54, 1.807) is 24.3 Å². The number of anilines is 1. The minimum absolute atomic E-state index is 0.137. The van der Waals surface area contributed by atoms with Crippen LogP contribution in [0.3, 0.4) is 0 Å². The second-order valence-electron chi connectivity index (χ2n) is 3.68. The summed E-state index contributed by atoms with van der Waals surface area (Å²) in [5.74, 6) is -0.137. The van der Waals surface area contributed by atoms with E-state index >= 15 is 0 Å². The van der Waals surface area contributed by atoms with E-state index in [-0.39, 0.29) is 18.7 Å². The van der Waals surface area contributed by atoms with Crippen LogP contribution in [0.1, 0.15) is 12.0 Å². The van der Waals surface area contributed by atoms with Crippen LogP contribution in [0, 0.1) is 11.3 Å². The molecular weight excluding hydrogens is 238 g/mol. The Labute approximate surface area is 102 Å². The van der Waals surface area contributed by atoms with Gasteiger partial charge in [0, 0.05) is 25.7 Å². The first kappa shape index (κ1) is 13.5. The van der Waals surface area contributed by atoms with Crippen molar-refractivity contribution in [3.8, 4) is 6.07 Å². The molecule has 0 bridgehead atoms. The van der Waals surface area contributed by atoms with Crippen LogP contribution in [-0.2, 0) is 15.8 Å². The van der Waals surface area contributed by atoms with Gasteiger partial charge in [-0.1, -0.05) is 18.2 Å². The third-order valence-electron chi connectivity index (χ3n) is 2.41. The smallest absolute Gasteiger partial charge is 0.218 e. The molecule has 0 unspecified atom stereocenters. The molecule has 5 nitrogen and oxygen atoms in total. The molecule has 0 aliphatic carbocycles. The first-order valence-corrected chi connectivity index (χ1v) is 6.72. The second-order valence-corrected chi connectivity index (χ2v) is 5.76. The summed E-state index contributed by atoms with van der Waals surface area (Å²) >= 11 is 0. The highest BCUT2D eigenvalue weighted by Crippen LogP contribution is 2.16. The molecule has 17 heavy (non-hydrogen) atoms. The number of nitrogens with zero attached hydrogens (tertiary/aromatic N) is 2. The van der Waals surface area contributed by atoms with E-state index in [0.717, 1.165) is 0 Å². The van der Waals surface area contributed by atoms with Gasteiger partial charge in [-0.2, -0.15) is 5.26 Å². The summed E-state index contributed by atoms with van der Waals surface area (Å²) < 4.78 is 25.0. The van der Waals surface area contributed by atoms with E-state index in [1.165, 1.54) is 11.4 Å². The summed E-state index contributed by atoms with van der Waals surface area (Å²) in [4.78, 5) is 0. The number of rotatable bonds is 5. The molecule has 1 aromatic carbocycles. The lowest BCUT2D eigenvalue weighted by Crippen LogP contribution is -2.29. The van der Waals surface area contributed by atoms with Gasteiger partial charge in [0.1, 0.15) is 0 Å². The van der Waals surface area contributed by atoms with Gasteiger partial charge in [-0.15, -0.1) is 0 Å². The molecule has 0 heterocycles. The number of para-hydroxylation sites is 1. The number of nitriles is 1. The predicted molar refractivity (Wildman–Crippen MR) is 66.3 cm³/mol. The summed E-state index contributed by atoms with van der Waals surface area (Å²) in [5.41, 5.74) is 6.74. The highest BCUT2D eigenvalue weighted by atomic mass is 32.2. The van der Waals surface area contributed by atoms with Crippen molar-refractivity contribution in [2.45, 2.75) is 12.2 Å². The zero-order valence-electron chi connectivity index (χ0n) is 9.63. The van der Waals surface area contributed by atoms with E-state index < -0.39 is 10.0 Å². The number of nitrogen functional groups attached to an aromatic ring is 1. The van der Waals surface area contributed by atoms with Gasteiger partial charge in [0.05, 0.1) is 11.8 Å². The van der Waals surface area contributed by atoms with Gasteiger partial charge < -0.3 is 5.73 Å². The van der Waals surface area contributed by atoms with Crippen molar-refractivity contribution in [3.63, 3.8) is 0 Å². The second kappa shape index (κ2) is 5.66. The van der Waals surface area contributed by atoms with E-state index in [2.05, 4.69) is 0 Å². The quantitative estimate of drug-likeness (QED) is 0.791. The molecule has 0 atom stereocenters. The number of sulfonamides is 1. The van der Waals surface area contributed by atoms with Crippen LogP contribution in [0.5, 0.6) is 0 Å². The molecule has 0 amide bonds. The molecular formula is C11H15N3O2S. The summed E-state index contributed by atoms with van der Waals surface area (Å²) in [6, 6.07) is 8.77. The maximum absolute atomic E-state index is 11.9. The lowest BCUT2D eigenvalue weighted by molar-refractivity contribution is 0.475. The SMILES string of the molecule is CN(CCC#N)S(=O)(=O)Cc1ccccc1N. The largest absolute Gasteiger partial charge is 0.398 e. The molecule has 0 aromatic heterocycles. The molecule has 6 heteroatoms. The van der Waals surface area contributed by atoms with Crippen molar-refractivity contribution in [2.75, 3.05) is 19.3 Å². The summed E-state index contributed by atoms with van der Waals surface area (Å²) in [6.07, 6.45) is 0.181. The average Bonchev–Trinajstić information content (AvgIpc) is 2.28. The van der Waals surface area contributed by atoms with Gasteiger partial charge >= 0.3 is 0 Å². The van der Waals surface area contributed by atoms with E-state index in [4.69, 9.17) is 11.0 Å². The van der Waals surface area contributed by atoms with Crippen molar-refractivity contribution >= 4 is 15.7 Å². The van der Waals surface area contributed by atoms with E-state index in [9.17, 15) is 8.42 Å². The van der Waals surface area contributed by atoms with Crippen LogP contribution < -0.4 is 5.73 Å². The maximum Gasteiger partial charge on any atom is 0.218 e. The molecule has 0 saturated heterocycles. The Kier molecular flexibility index (Phi) is 4.49. The van der Waals surface area contributed by atoms with Gasteiger partial charge in [0.25, 0.3) is 0 Å². The van der Waals surface area contributed by atoms with Crippen LogP contribution in [0.4, 0.5) is 5.69 Å². The van der Waals surface area contributed by atoms with Gasteiger partial charge in [0.15, 0.2) is 0 Å².